The molecule has 1 fully saturated rings. The molecule has 0 aliphatic heterocycles. The summed E-state index contributed by atoms with van der Waals surface area (Å²) in [6.07, 6.45) is 7.96. The quantitative estimate of drug-likeness (QED) is 0.377. The van der Waals surface area contributed by atoms with Crippen molar-refractivity contribution in [2.45, 2.75) is 71.8 Å². The molecule has 0 radical (unpaired) electrons. The summed E-state index contributed by atoms with van der Waals surface area (Å²) >= 11 is 0. The van der Waals surface area contributed by atoms with Gasteiger partial charge in [0.15, 0.2) is 5.52 Å². The monoisotopic (exact) mass is 481 g/mol. The Bertz CT molecular complexity index is 1180. The van der Waals surface area contributed by atoms with E-state index in [0.717, 1.165) is 62.3 Å². The first-order valence-corrected chi connectivity index (χ1v) is 13.1. The first-order valence-electron chi connectivity index (χ1n) is 13.1. The summed E-state index contributed by atoms with van der Waals surface area (Å²) < 4.78 is 13.4. The number of anilines is 1. The van der Waals surface area contributed by atoms with Crippen molar-refractivity contribution in [1.29, 1.82) is 0 Å². The molecule has 1 aliphatic rings. The third-order valence-electron chi connectivity index (χ3n) is 6.98. The lowest BCUT2D eigenvalue weighted by molar-refractivity contribution is 0.137. The standard InChI is InChI=1S/C27H39N5O3/c1-5-7-16-35-17-15-31(6-2)21-13-14-22(23(18-21)34-4)26-28-24-19(3)30-32(25(24)27(33)29-26)20-11-9-8-10-12-20/h13-14,18,20H,5-12,15-17H2,1-4H3,(H,28,29,33). The minimum absolute atomic E-state index is 0.151. The molecule has 1 N–H and O–H groups in total. The number of ether oxygens (including phenoxy) is 2. The van der Waals surface area contributed by atoms with Crippen molar-refractivity contribution in [1.82, 2.24) is 19.7 Å². The molecule has 0 spiro atoms. The van der Waals surface area contributed by atoms with Crippen LogP contribution < -0.4 is 15.2 Å². The SMILES string of the molecule is CCCCOCCN(CC)c1ccc(-c2nc3c(C)nn(C4CCCCC4)c3c(=O)[nH]2)c(OC)c1. The topological polar surface area (TPSA) is 85.3 Å². The second kappa shape index (κ2) is 11.7. The Hall–Kier alpha value is -2.87. The number of benzene rings is 1. The lowest BCUT2D eigenvalue weighted by Crippen LogP contribution is -2.27. The molecular weight excluding hydrogens is 442 g/mol. The van der Waals surface area contributed by atoms with Gasteiger partial charge in [-0.15, -0.1) is 0 Å². The van der Waals surface area contributed by atoms with E-state index in [9.17, 15) is 4.79 Å². The van der Waals surface area contributed by atoms with E-state index >= 15 is 0 Å². The van der Waals surface area contributed by atoms with Crippen molar-refractivity contribution in [2.75, 3.05) is 38.3 Å². The van der Waals surface area contributed by atoms with Crippen molar-refractivity contribution < 1.29 is 9.47 Å². The van der Waals surface area contributed by atoms with Gasteiger partial charge in [0.25, 0.3) is 5.56 Å². The van der Waals surface area contributed by atoms with Crippen molar-refractivity contribution in [3.63, 3.8) is 0 Å². The highest BCUT2D eigenvalue weighted by atomic mass is 16.5. The Balaban J connectivity index is 1.63. The maximum Gasteiger partial charge on any atom is 0.277 e. The van der Waals surface area contributed by atoms with Crippen molar-refractivity contribution in [3.05, 3.63) is 34.2 Å². The third kappa shape index (κ3) is 5.53. The van der Waals surface area contributed by atoms with Crippen molar-refractivity contribution >= 4 is 16.7 Å². The largest absolute Gasteiger partial charge is 0.496 e. The zero-order chi connectivity index (χ0) is 24.8. The van der Waals surface area contributed by atoms with Gasteiger partial charge in [0, 0.05) is 31.5 Å². The maximum absolute atomic E-state index is 13.2. The number of fused-ring (bicyclic) bond motifs is 1. The molecule has 3 aromatic rings. The van der Waals surface area contributed by atoms with E-state index in [1.54, 1.807) is 7.11 Å². The van der Waals surface area contributed by atoms with Gasteiger partial charge in [-0.05, 0) is 45.2 Å². The number of nitrogens with zero attached hydrogens (tertiary/aromatic N) is 4. The third-order valence-corrected chi connectivity index (χ3v) is 6.98. The molecule has 1 saturated carbocycles. The molecule has 1 aromatic carbocycles. The number of unbranched alkanes of at least 4 members (excludes halogenated alkanes) is 1. The molecule has 35 heavy (non-hydrogen) atoms. The lowest BCUT2D eigenvalue weighted by atomic mass is 9.95. The number of hydrogen-bond donors (Lipinski definition) is 1. The lowest BCUT2D eigenvalue weighted by Gasteiger charge is -2.24. The number of aryl methyl sites for hydroxylation is 1. The molecule has 0 amide bonds. The average Bonchev–Trinajstić information content (AvgIpc) is 3.23. The molecule has 0 atom stereocenters. The van der Waals surface area contributed by atoms with E-state index in [1.807, 2.05) is 23.7 Å². The number of rotatable bonds is 11. The zero-order valence-corrected chi connectivity index (χ0v) is 21.6. The van der Waals surface area contributed by atoms with E-state index in [1.165, 1.54) is 19.3 Å². The van der Waals surface area contributed by atoms with Gasteiger partial charge in [-0.3, -0.25) is 9.48 Å². The molecule has 8 heteroatoms. The smallest absolute Gasteiger partial charge is 0.277 e. The van der Waals surface area contributed by atoms with Gasteiger partial charge in [0.2, 0.25) is 0 Å². The number of likely N-dealkylation sites (N-methyl/N-ethyl adjacent to an activating group) is 1. The van der Waals surface area contributed by atoms with Crippen LogP contribution in [0.4, 0.5) is 5.69 Å². The van der Waals surface area contributed by atoms with Gasteiger partial charge in [-0.1, -0.05) is 32.6 Å². The Kier molecular flexibility index (Phi) is 8.44. The van der Waals surface area contributed by atoms with Gasteiger partial charge >= 0.3 is 0 Å². The number of hydrogen-bond acceptors (Lipinski definition) is 6. The van der Waals surface area contributed by atoms with Gasteiger partial charge < -0.3 is 19.4 Å². The van der Waals surface area contributed by atoms with E-state index in [-0.39, 0.29) is 11.6 Å². The van der Waals surface area contributed by atoms with Crippen LogP contribution in [0.15, 0.2) is 23.0 Å². The first-order chi connectivity index (χ1) is 17.1. The van der Waals surface area contributed by atoms with E-state index in [2.05, 4.69) is 29.8 Å². The van der Waals surface area contributed by atoms with Crippen LogP contribution in [0.25, 0.3) is 22.4 Å². The predicted molar refractivity (Wildman–Crippen MR) is 141 cm³/mol. The molecule has 4 rings (SSSR count). The summed E-state index contributed by atoms with van der Waals surface area (Å²) in [5, 5.41) is 4.73. The summed E-state index contributed by atoms with van der Waals surface area (Å²) in [5.41, 5.74) is 3.69. The number of methoxy groups -OCH3 is 1. The first kappa shape index (κ1) is 25.2. The molecule has 0 bridgehead atoms. The minimum atomic E-state index is -0.151. The summed E-state index contributed by atoms with van der Waals surface area (Å²) in [7, 11) is 1.65. The van der Waals surface area contributed by atoms with E-state index < -0.39 is 0 Å². The fraction of sp³-hybridized carbons (Fsp3) is 0.593. The van der Waals surface area contributed by atoms with Gasteiger partial charge in [0.05, 0.1) is 31.0 Å². The molecule has 2 heterocycles. The normalized spacial score (nSPS) is 14.5. The molecule has 0 saturated heterocycles. The van der Waals surface area contributed by atoms with Gasteiger partial charge in [-0.25, -0.2) is 4.98 Å². The van der Waals surface area contributed by atoms with Crippen LogP contribution in [0.1, 0.15) is 70.5 Å². The van der Waals surface area contributed by atoms with Gasteiger partial charge in [0.1, 0.15) is 17.1 Å². The fourth-order valence-electron chi connectivity index (χ4n) is 4.97. The van der Waals surface area contributed by atoms with Crippen LogP contribution in [-0.4, -0.2) is 53.2 Å². The number of nitrogens with one attached hydrogen (secondary N) is 1. The van der Waals surface area contributed by atoms with Crippen molar-refractivity contribution in [2.24, 2.45) is 0 Å². The van der Waals surface area contributed by atoms with E-state index in [4.69, 9.17) is 19.6 Å². The molecule has 1 aliphatic carbocycles. The molecule has 2 aromatic heterocycles. The Labute approximate surface area is 207 Å². The minimum Gasteiger partial charge on any atom is -0.496 e. The number of H-pyrrole nitrogens is 1. The average molecular weight is 482 g/mol. The second-order valence-corrected chi connectivity index (χ2v) is 9.36. The number of aromatic amines is 1. The summed E-state index contributed by atoms with van der Waals surface area (Å²) in [6, 6.07) is 6.30. The predicted octanol–water partition coefficient (Wildman–Crippen LogP) is 5.25. The van der Waals surface area contributed by atoms with Crippen LogP contribution in [-0.2, 0) is 4.74 Å². The molecule has 0 unspecified atom stereocenters. The van der Waals surface area contributed by atoms with Crippen LogP contribution in [0.5, 0.6) is 5.75 Å². The fourth-order valence-corrected chi connectivity index (χ4v) is 4.97. The Morgan fingerprint density at radius 2 is 1.97 bits per heavy atom. The van der Waals surface area contributed by atoms with E-state index in [0.29, 0.717) is 29.2 Å². The maximum atomic E-state index is 13.2. The second-order valence-electron chi connectivity index (χ2n) is 9.36. The van der Waals surface area contributed by atoms with Gasteiger partial charge in [-0.2, -0.15) is 5.10 Å². The van der Waals surface area contributed by atoms with Crippen LogP contribution >= 0.6 is 0 Å². The van der Waals surface area contributed by atoms with Crippen LogP contribution in [0.2, 0.25) is 0 Å². The Morgan fingerprint density at radius 1 is 1.17 bits per heavy atom. The Morgan fingerprint density at radius 3 is 2.69 bits per heavy atom. The highest BCUT2D eigenvalue weighted by molar-refractivity contribution is 5.80. The summed E-state index contributed by atoms with van der Waals surface area (Å²) in [5.74, 6) is 1.18. The molecular formula is C27H39N5O3. The van der Waals surface area contributed by atoms with Crippen molar-refractivity contribution in [3.8, 4) is 17.1 Å². The van der Waals surface area contributed by atoms with Crippen LogP contribution in [0.3, 0.4) is 0 Å². The molecule has 190 valence electrons. The molecule has 8 nitrogen and oxygen atoms in total. The summed E-state index contributed by atoms with van der Waals surface area (Å²) in [6.45, 7) is 9.39. The highest BCUT2D eigenvalue weighted by Gasteiger charge is 2.23. The van der Waals surface area contributed by atoms with Crippen LogP contribution in [0, 0.1) is 6.92 Å². The number of aromatic nitrogens is 4. The zero-order valence-electron chi connectivity index (χ0n) is 21.6. The highest BCUT2D eigenvalue weighted by Crippen LogP contribution is 2.34. The summed E-state index contributed by atoms with van der Waals surface area (Å²) in [4.78, 5) is 23.4.